The van der Waals surface area contributed by atoms with Crippen LogP contribution < -0.4 is 4.74 Å². The molecule has 5 heteroatoms. The summed E-state index contributed by atoms with van der Waals surface area (Å²) in [4.78, 5) is 15.0. The van der Waals surface area contributed by atoms with Gasteiger partial charge in [-0.15, -0.1) is 0 Å². The second-order valence-electron chi connectivity index (χ2n) is 4.05. The summed E-state index contributed by atoms with van der Waals surface area (Å²) in [5.41, 5.74) is 1.50. The van der Waals surface area contributed by atoms with Crippen molar-refractivity contribution in [1.82, 2.24) is 4.98 Å². The molecular formula is C14H12FNO3. The molecule has 1 N–H and O–H groups in total. The summed E-state index contributed by atoms with van der Waals surface area (Å²) in [6, 6.07) is 5.36. The lowest BCUT2D eigenvalue weighted by Crippen LogP contribution is -1.98. The number of carboxylic acids is 1. The largest absolute Gasteiger partial charge is 0.481 e. The van der Waals surface area contributed by atoms with Gasteiger partial charge in [0.25, 0.3) is 0 Å². The molecule has 0 fully saturated rings. The maximum atomic E-state index is 13.8. The summed E-state index contributed by atoms with van der Waals surface area (Å²) in [5, 5.41) is 8.93. The number of halogens is 1. The van der Waals surface area contributed by atoms with Crippen molar-refractivity contribution in [2.24, 2.45) is 0 Å². The summed E-state index contributed by atoms with van der Waals surface area (Å²) in [5.74, 6) is -1.13. The monoisotopic (exact) mass is 261 g/mol. The number of aromatic carboxylic acids is 1. The van der Waals surface area contributed by atoms with Crippen molar-refractivity contribution in [3.05, 3.63) is 47.4 Å². The first-order valence-corrected chi connectivity index (χ1v) is 5.56. The van der Waals surface area contributed by atoms with Crippen molar-refractivity contribution >= 4 is 5.97 Å². The third-order valence-electron chi connectivity index (χ3n) is 2.75. The lowest BCUT2D eigenvalue weighted by atomic mass is 10.0. The van der Waals surface area contributed by atoms with Gasteiger partial charge in [-0.1, -0.05) is 0 Å². The Morgan fingerprint density at radius 3 is 2.68 bits per heavy atom. The lowest BCUT2D eigenvalue weighted by molar-refractivity contribution is 0.0697. The fourth-order valence-corrected chi connectivity index (χ4v) is 1.80. The van der Waals surface area contributed by atoms with Crippen molar-refractivity contribution in [2.45, 2.75) is 6.92 Å². The number of hydrogen-bond donors (Lipinski definition) is 1. The molecule has 1 aromatic heterocycles. The molecule has 4 nitrogen and oxygen atoms in total. The Balaban J connectivity index is 2.54. The van der Waals surface area contributed by atoms with Crippen LogP contribution in [0.1, 0.15) is 15.9 Å². The van der Waals surface area contributed by atoms with Gasteiger partial charge in [0.15, 0.2) is 0 Å². The van der Waals surface area contributed by atoms with E-state index in [0.29, 0.717) is 11.4 Å². The molecule has 2 aromatic rings. The molecular weight excluding hydrogens is 249 g/mol. The van der Waals surface area contributed by atoms with Crippen LogP contribution in [0.2, 0.25) is 0 Å². The van der Waals surface area contributed by atoms with E-state index in [1.807, 2.05) is 0 Å². The minimum Gasteiger partial charge on any atom is -0.481 e. The molecule has 0 radical (unpaired) electrons. The molecule has 2 rings (SSSR count). The van der Waals surface area contributed by atoms with E-state index in [4.69, 9.17) is 9.84 Å². The fourth-order valence-electron chi connectivity index (χ4n) is 1.80. The van der Waals surface area contributed by atoms with E-state index in [-0.39, 0.29) is 11.1 Å². The highest BCUT2D eigenvalue weighted by Gasteiger charge is 2.12. The number of hydrogen-bond acceptors (Lipinski definition) is 3. The molecule has 0 saturated heterocycles. The molecule has 0 aliphatic carbocycles. The Morgan fingerprint density at radius 2 is 2.11 bits per heavy atom. The van der Waals surface area contributed by atoms with Crippen LogP contribution in [0, 0.1) is 12.7 Å². The molecule has 19 heavy (non-hydrogen) atoms. The summed E-state index contributed by atoms with van der Waals surface area (Å²) >= 11 is 0. The first-order chi connectivity index (χ1) is 9.02. The number of carboxylic acid groups (broad SMARTS) is 1. The molecule has 1 heterocycles. The van der Waals surface area contributed by atoms with Crippen molar-refractivity contribution in [3.8, 4) is 17.0 Å². The van der Waals surface area contributed by atoms with Gasteiger partial charge in [0, 0.05) is 22.9 Å². The normalized spacial score (nSPS) is 10.3. The van der Waals surface area contributed by atoms with Crippen LogP contribution in [-0.2, 0) is 0 Å². The second kappa shape index (κ2) is 5.06. The van der Waals surface area contributed by atoms with Crippen molar-refractivity contribution in [3.63, 3.8) is 0 Å². The van der Waals surface area contributed by atoms with E-state index in [2.05, 4.69) is 4.98 Å². The molecule has 0 saturated carbocycles. The summed E-state index contributed by atoms with van der Waals surface area (Å²) < 4.78 is 18.8. The standard InChI is InChI=1S/C14H12FNO3/c1-8-5-10(7-16-13(8)19-2)11-6-9(14(17)18)3-4-12(11)15/h3-7H,1-2H3,(H,17,18). The molecule has 1 aromatic carbocycles. The van der Waals surface area contributed by atoms with Gasteiger partial charge >= 0.3 is 5.97 Å². The summed E-state index contributed by atoms with van der Waals surface area (Å²) in [7, 11) is 1.50. The number of carbonyl (C=O) groups is 1. The quantitative estimate of drug-likeness (QED) is 0.922. The number of benzene rings is 1. The number of aryl methyl sites for hydroxylation is 1. The molecule has 0 unspecified atom stereocenters. The van der Waals surface area contributed by atoms with Crippen LogP contribution in [0.5, 0.6) is 5.88 Å². The SMILES string of the molecule is COc1ncc(-c2cc(C(=O)O)ccc2F)cc1C. The minimum absolute atomic E-state index is 0.0323. The topological polar surface area (TPSA) is 59.4 Å². The predicted molar refractivity (Wildman–Crippen MR) is 67.9 cm³/mol. The Labute approximate surface area is 109 Å². The second-order valence-corrected chi connectivity index (χ2v) is 4.05. The molecule has 0 aliphatic rings. The smallest absolute Gasteiger partial charge is 0.335 e. The van der Waals surface area contributed by atoms with Gasteiger partial charge in [-0.2, -0.15) is 0 Å². The van der Waals surface area contributed by atoms with Gasteiger partial charge in [0.1, 0.15) is 5.82 Å². The highest BCUT2D eigenvalue weighted by Crippen LogP contribution is 2.26. The first-order valence-electron chi connectivity index (χ1n) is 5.56. The number of aromatic nitrogens is 1. The van der Waals surface area contributed by atoms with Gasteiger partial charge in [-0.3, -0.25) is 0 Å². The third kappa shape index (κ3) is 2.54. The summed E-state index contributed by atoms with van der Waals surface area (Å²) in [6.07, 6.45) is 1.45. The Hall–Kier alpha value is -2.43. The zero-order valence-electron chi connectivity index (χ0n) is 10.5. The van der Waals surface area contributed by atoms with E-state index in [1.54, 1.807) is 13.0 Å². The van der Waals surface area contributed by atoms with E-state index >= 15 is 0 Å². The Morgan fingerprint density at radius 1 is 1.37 bits per heavy atom. The highest BCUT2D eigenvalue weighted by molar-refractivity contribution is 5.89. The van der Waals surface area contributed by atoms with Crippen molar-refractivity contribution in [2.75, 3.05) is 7.11 Å². The Kier molecular flexibility index (Phi) is 3.46. The van der Waals surface area contributed by atoms with Gasteiger partial charge in [0.2, 0.25) is 5.88 Å². The van der Waals surface area contributed by atoms with Crippen molar-refractivity contribution in [1.29, 1.82) is 0 Å². The number of ether oxygens (including phenoxy) is 1. The van der Waals surface area contributed by atoms with E-state index in [0.717, 1.165) is 11.6 Å². The Bertz CT molecular complexity index is 641. The number of nitrogens with zero attached hydrogens (tertiary/aromatic N) is 1. The van der Waals surface area contributed by atoms with Crippen LogP contribution in [0.3, 0.4) is 0 Å². The number of pyridine rings is 1. The van der Waals surface area contributed by atoms with Gasteiger partial charge in [-0.05, 0) is 31.2 Å². The van der Waals surface area contributed by atoms with Gasteiger partial charge < -0.3 is 9.84 Å². The minimum atomic E-state index is -1.10. The third-order valence-corrected chi connectivity index (χ3v) is 2.75. The number of methoxy groups -OCH3 is 1. The van der Waals surface area contributed by atoms with Gasteiger partial charge in [-0.25, -0.2) is 14.2 Å². The molecule has 0 amide bonds. The predicted octanol–water partition coefficient (Wildman–Crippen LogP) is 2.90. The highest BCUT2D eigenvalue weighted by atomic mass is 19.1. The maximum absolute atomic E-state index is 13.8. The average Bonchev–Trinajstić information content (AvgIpc) is 2.38. The first kappa shape index (κ1) is 13.0. The molecule has 0 bridgehead atoms. The lowest BCUT2D eigenvalue weighted by Gasteiger charge is -2.08. The van der Waals surface area contributed by atoms with E-state index in [1.165, 1.54) is 25.4 Å². The molecule has 0 aliphatic heterocycles. The van der Waals surface area contributed by atoms with Crippen LogP contribution in [0.4, 0.5) is 4.39 Å². The van der Waals surface area contributed by atoms with Crippen LogP contribution in [0.15, 0.2) is 30.5 Å². The molecule has 98 valence electrons. The molecule has 0 atom stereocenters. The maximum Gasteiger partial charge on any atom is 0.335 e. The van der Waals surface area contributed by atoms with E-state index in [9.17, 15) is 9.18 Å². The van der Waals surface area contributed by atoms with E-state index < -0.39 is 11.8 Å². The van der Waals surface area contributed by atoms with Crippen LogP contribution in [-0.4, -0.2) is 23.2 Å². The summed E-state index contributed by atoms with van der Waals surface area (Å²) in [6.45, 7) is 1.79. The fraction of sp³-hybridized carbons (Fsp3) is 0.143. The number of rotatable bonds is 3. The van der Waals surface area contributed by atoms with Crippen molar-refractivity contribution < 1.29 is 19.0 Å². The average molecular weight is 261 g/mol. The van der Waals surface area contributed by atoms with Crippen LogP contribution in [0.25, 0.3) is 11.1 Å². The zero-order valence-corrected chi connectivity index (χ0v) is 10.5. The molecule has 0 spiro atoms. The van der Waals surface area contributed by atoms with Gasteiger partial charge in [0.05, 0.1) is 12.7 Å². The zero-order chi connectivity index (χ0) is 14.0. The van der Waals surface area contributed by atoms with Crippen LogP contribution >= 0.6 is 0 Å².